The van der Waals surface area contributed by atoms with Crippen LogP contribution in [0.2, 0.25) is 0 Å². The zero-order valence-electron chi connectivity index (χ0n) is 9.61. The van der Waals surface area contributed by atoms with E-state index in [0.717, 1.165) is 24.2 Å². The van der Waals surface area contributed by atoms with Crippen LogP contribution in [0.5, 0.6) is 0 Å². The summed E-state index contributed by atoms with van der Waals surface area (Å²) in [5.41, 5.74) is 2.64. The molecule has 15 heavy (non-hydrogen) atoms. The lowest BCUT2D eigenvalue weighted by Gasteiger charge is -2.02. The molecule has 0 amide bonds. The summed E-state index contributed by atoms with van der Waals surface area (Å²) >= 11 is 0. The van der Waals surface area contributed by atoms with E-state index in [4.69, 9.17) is 0 Å². The molecular weight excluding hydrogens is 186 g/mol. The summed E-state index contributed by atoms with van der Waals surface area (Å²) in [6, 6.07) is 0. The van der Waals surface area contributed by atoms with E-state index in [9.17, 15) is 0 Å². The lowest BCUT2D eigenvalue weighted by atomic mass is 10.1. The van der Waals surface area contributed by atoms with Crippen molar-refractivity contribution in [3.63, 3.8) is 0 Å². The molecule has 1 fully saturated rings. The molecule has 3 rings (SSSR count). The van der Waals surface area contributed by atoms with Gasteiger partial charge in [-0.1, -0.05) is 12.1 Å². The Bertz CT molecular complexity index is 369. The van der Waals surface area contributed by atoms with Crippen molar-refractivity contribution in [1.82, 2.24) is 15.0 Å². The molecule has 2 aliphatic carbocycles. The molecule has 0 saturated heterocycles. The number of rotatable bonds is 0. The molecule has 0 aliphatic heterocycles. The van der Waals surface area contributed by atoms with Crippen LogP contribution in [0.3, 0.4) is 0 Å². The van der Waals surface area contributed by atoms with Crippen molar-refractivity contribution in [2.75, 3.05) is 0 Å². The molecular formula is C12H19N3. The molecule has 0 radical (unpaired) electrons. The fourth-order valence-corrected chi connectivity index (χ4v) is 3.32. The van der Waals surface area contributed by atoms with Gasteiger partial charge in [-0.05, 0) is 49.9 Å². The van der Waals surface area contributed by atoms with Gasteiger partial charge in [0, 0.05) is 7.05 Å². The van der Waals surface area contributed by atoms with Crippen molar-refractivity contribution in [3.05, 3.63) is 11.4 Å². The molecule has 2 aliphatic rings. The van der Waals surface area contributed by atoms with Gasteiger partial charge >= 0.3 is 0 Å². The molecule has 3 heteroatoms. The number of fused-ring (bicyclic) bond motifs is 2. The maximum atomic E-state index is 4.27. The van der Waals surface area contributed by atoms with Crippen molar-refractivity contribution in [1.29, 1.82) is 0 Å². The highest BCUT2D eigenvalue weighted by Crippen LogP contribution is 2.52. The topological polar surface area (TPSA) is 30.7 Å². The van der Waals surface area contributed by atoms with Crippen LogP contribution < -0.4 is 0 Å². The molecule has 0 bridgehead atoms. The lowest BCUT2D eigenvalue weighted by Crippen LogP contribution is -2.01. The van der Waals surface area contributed by atoms with Crippen molar-refractivity contribution in [2.24, 2.45) is 24.8 Å². The Morgan fingerprint density at radius 1 is 1.20 bits per heavy atom. The summed E-state index contributed by atoms with van der Waals surface area (Å²) in [6.45, 7) is 2.42. The first-order valence-corrected chi connectivity index (χ1v) is 6.15. The smallest absolute Gasteiger partial charge is 0.0859 e. The summed E-state index contributed by atoms with van der Waals surface area (Å²) in [7, 11) is 2.03. The molecule has 1 heterocycles. The Balaban J connectivity index is 1.82. The van der Waals surface area contributed by atoms with E-state index >= 15 is 0 Å². The molecule has 0 aromatic carbocycles. The average molecular weight is 205 g/mol. The van der Waals surface area contributed by atoms with E-state index in [1.54, 1.807) is 0 Å². The third-order valence-electron chi connectivity index (χ3n) is 4.45. The highest BCUT2D eigenvalue weighted by molar-refractivity contribution is 5.12. The van der Waals surface area contributed by atoms with Crippen LogP contribution in [-0.4, -0.2) is 15.0 Å². The Labute approximate surface area is 90.9 Å². The van der Waals surface area contributed by atoms with Crippen molar-refractivity contribution in [3.8, 4) is 0 Å². The predicted molar refractivity (Wildman–Crippen MR) is 58.4 cm³/mol. The van der Waals surface area contributed by atoms with Gasteiger partial charge in [0.15, 0.2) is 0 Å². The highest BCUT2D eigenvalue weighted by atomic mass is 15.4. The molecule has 0 N–H and O–H groups in total. The number of aromatic nitrogens is 3. The van der Waals surface area contributed by atoms with Gasteiger partial charge in [-0.2, -0.15) is 0 Å². The van der Waals surface area contributed by atoms with Gasteiger partial charge in [-0.3, -0.25) is 4.68 Å². The quantitative estimate of drug-likeness (QED) is 0.648. The Hall–Kier alpha value is -0.860. The van der Waals surface area contributed by atoms with Gasteiger partial charge in [-0.25, -0.2) is 0 Å². The molecule has 1 aromatic heterocycles. The second-order valence-corrected chi connectivity index (χ2v) is 5.22. The molecule has 3 nitrogen and oxygen atoms in total. The second-order valence-electron chi connectivity index (χ2n) is 5.22. The van der Waals surface area contributed by atoms with Crippen LogP contribution in [0.25, 0.3) is 0 Å². The third-order valence-corrected chi connectivity index (χ3v) is 4.45. The van der Waals surface area contributed by atoms with Gasteiger partial charge in [0.25, 0.3) is 0 Å². The van der Waals surface area contributed by atoms with Gasteiger partial charge in [0.2, 0.25) is 0 Å². The van der Waals surface area contributed by atoms with Crippen molar-refractivity contribution in [2.45, 2.75) is 39.0 Å². The van der Waals surface area contributed by atoms with Crippen LogP contribution in [0.1, 0.15) is 37.6 Å². The van der Waals surface area contributed by atoms with Crippen LogP contribution in [0, 0.1) is 17.8 Å². The number of nitrogens with zero attached hydrogens (tertiary/aromatic N) is 3. The summed E-state index contributed by atoms with van der Waals surface area (Å²) in [4.78, 5) is 0. The Morgan fingerprint density at radius 2 is 2.00 bits per heavy atom. The van der Waals surface area contributed by atoms with Gasteiger partial charge in [0.05, 0.1) is 11.4 Å². The van der Waals surface area contributed by atoms with Crippen molar-refractivity contribution < 1.29 is 0 Å². The summed E-state index contributed by atoms with van der Waals surface area (Å²) in [5.74, 6) is 2.99. The maximum absolute atomic E-state index is 4.27. The van der Waals surface area contributed by atoms with E-state index in [-0.39, 0.29) is 0 Å². The SMILES string of the molecule is C[C@H]1[C@H]2CCc3c(nnn3C)CCC[C@@H]12. The fourth-order valence-electron chi connectivity index (χ4n) is 3.32. The zero-order chi connectivity index (χ0) is 10.4. The normalized spacial score (nSPS) is 34.7. The summed E-state index contributed by atoms with van der Waals surface area (Å²) in [6.07, 6.45) is 6.38. The van der Waals surface area contributed by atoms with Crippen LogP contribution >= 0.6 is 0 Å². The minimum absolute atomic E-state index is 0.979. The van der Waals surface area contributed by atoms with E-state index in [0.29, 0.717) is 0 Å². The Kier molecular flexibility index (Phi) is 2.08. The summed E-state index contributed by atoms with van der Waals surface area (Å²) in [5, 5.41) is 8.41. The number of aryl methyl sites for hydroxylation is 2. The second kappa shape index (κ2) is 3.32. The van der Waals surface area contributed by atoms with E-state index in [1.807, 2.05) is 11.7 Å². The highest BCUT2D eigenvalue weighted by Gasteiger charge is 2.45. The first-order valence-electron chi connectivity index (χ1n) is 6.15. The van der Waals surface area contributed by atoms with Gasteiger partial charge < -0.3 is 0 Å². The minimum atomic E-state index is 0.979. The molecule has 0 spiro atoms. The van der Waals surface area contributed by atoms with Crippen LogP contribution in [-0.2, 0) is 19.9 Å². The average Bonchev–Trinajstić information content (AvgIpc) is 2.69. The van der Waals surface area contributed by atoms with E-state index in [1.165, 1.54) is 37.1 Å². The monoisotopic (exact) mass is 205 g/mol. The largest absolute Gasteiger partial charge is 0.252 e. The summed E-state index contributed by atoms with van der Waals surface area (Å²) < 4.78 is 1.97. The van der Waals surface area contributed by atoms with Crippen LogP contribution in [0.4, 0.5) is 0 Å². The fraction of sp³-hybridized carbons (Fsp3) is 0.833. The van der Waals surface area contributed by atoms with Gasteiger partial charge in [-0.15, -0.1) is 5.10 Å². The maximum Gasteiger partial charge on any atom is 0.0859 e. The molecule has 1 aromatic rings. The third kappa shape index (κ3) is 1.48. The lowest BCUT2D eigenvalue weighted by molar-refractivity contribution is 0.580. The Morgan fingerprint density at radius 3 is 2.87 bits per heavy atom. The van der Waals surface area contributed by atoms with Gasteiger partial charge in [0.1, 0.15) is 0 Å². The molecule has 1 saturated carbocycles. The standard InChI is InChI=1S/C12H19N3/c1-8-9-4-3-5-11-12(7-6-10(8)9)15(2)14-13-11/h8-10H,3-7H2,1-2H3/t8-,9+,10-/m1/s1. The number of hydrogen-bond donors (Lipinski definition) is 0. The van der Waals surface area contributed by atoms with E-state index in [2.05, 4.69) is 17.2 Å². The zero-order valence-corrected chi connectivity index (χ0v) is 9.61. The predicted octanol–water partition coefficient (Wildman–Crippen LogP) is 1.97. The molecule has 0 unspecified atom stereocenters. The number of hydrogen-bond acceptors (Lipinski definition) is 2. The van der Waals surface area contributed by atoms with Crippen LogP contribution in [0.15, 0.2) is 0 Å². The minimum Gasteiger partial charge on any atom is -0.252 e. The van der Waals surface area contributed by atoms with Crippen molar-refractivity contribution >= 4 is 0 Å². The first kappa shape index (κ1) is 9.37. The van der Waals surface area contributed by atoms with E-state index < -0.39 is 0 Å². The molecule has 3 atom stereocenters. The first-order chi connectivity index (χ1) is 7.27. The molecule has 82 valence electrons.